The Hall–Kier alpha value is -3.04. The fourth-order valence-corrected chi connectivity index (χ4v) is 3.69. The Kier molecular flexibility index (Phi) is 5.91. The van der Waals surface area contributed by atoms with Crippen LogP contribution in [0.4, 0.5) is 5.69 Å². The lowest BCUT2D eigenvalue weighted by Gasteiger charge is -2.18. The number of thioether (sulfide) groups is 1. The summed E-state index contributed by atoms with van der Waals surface area (Å²) in [5.41, 5.74) is 1.84. The molecule has 2 heterocycles. The molecule has 0 unspecified atom stereocenters. The number of hydrogen-bond donors (Lipinski definition) is 2. The number of nitrogens with zero attached hydrogens (tertiary/aromatic N) is 2. The van der Waals surface area contributed by atoms with Crippen molar-refractivity contribution in [1.82, 2.24) is 15.2 Å². The smallest absolute Gasteiger partial charge is 0.278 e. The van der Waals surface area contributed by atoms with Crippen LogP contribution in [0, 0.1) is 6.92 Å². The van der Waals surface area contributed by atoms with E-state index in [1.807, 2.05) is 13.0 Å². The molecule has 1 aromatic heterocycles. The lowest BCUT2D eigenvalue weighted by Crippen LogP contribution is -2.18. The quantitative estimate of drug-likeness (QED) is 0.581. The predicted molar refractivity (Wildman–Crippen MR) is 115 cm³/mol. The number of amides is 1. The number of aromatic amines is 1. The molecular formula is C20H17ClN4O4S. The van der Waals surface area contributed by atoms with E-state index in [9.17, 15) is 9.59 Å². The second-order valence-electron chi connectivity index (χ2n) is 6.49. The Bertz CT molecular complexity index is 1170. The van der Waals surface area contributed by atoms with Crippen molar-refractivity contribution >= 4 is 35.0 Å². The van der Waals surface area contributed by atoms with Crippen LogP contribution in [-0.4, -0.2) is 40.1 Å². The van der Waals surface area contributed by atoms with Gasteiger partial charge >= 0.3 is 0 Å². The Labute approximate surface area is 181 Å². The second kappa shape index (κ2) is 8.76. The summed E-state index contributed by atoms with van der Waals surface area (Å²) in [4.78, 5) is 27.3. The molecule has 0 bridgehead atoms. The van der Waals surface area contributed by atoms with Gasteiger partial charge in [0.2, 0.25) is 5.91 Å². The number of halogens is 1. The van der Waals surface area contributed by atoms with Crippen LogP contribution in [0.1, 0.15) is 5.56 Å². The number of carbonyl (C=O) groups excluding carboxylic acids is 1. The van der Waals surface area contributed by atoms with Gasteiger partial charge in [0.1, 0.15) is 13.2 Å². The zero-order valence-corrected chi connectivity index (χ0v) is 17.5. The van der Waals surface area contributed by atoms with E-state index in [2.05, 4.69) is 20.5 Å². The van der Waals surface area contributed by atoms with Crippen molar-refractivity contribution in [2.45, 2.75) is 12.1 Å². The highest BCUT2D eigenvalue weighted by atomic mass is 35.5. The molecule has 154 valence electrons. The third-order valence-corrected chi connectivity index (χ3v) is 5.41. The van der Waals surface area contributed by atoms with E-state index in [0.717, 1.165) is 17.3 Å². The van der Waals surface area contributed by atoms with Gasteiger partial charge in [-0.3, -0.25) is 14.6 Å². The average Bonchev–Trinajstić information content (AvgIpc) is 2.74. The zero-order valence-electron chi connectivity index (χ0n) is 15.9. The van der Waals surface area contributed by atoms with Crippen molar-refractivity contribution < 1.29 is 14.3 Å². The molecule has 3 aromatic rings. The Morgan fingerprint density at radius 2 is 1.97 bits per heavy atom. The van der Waals surface area contributed by atoms with Gasteiger partial charge in [0.15, 0.2) is 22.3 Å². The minimum atomic E-state index is -0.411. The van der Waals surface area contributed by atoms with Crippen LogP contribution in [0.2, 0.25) is 5.02 Å². The molecule has 8 nitrogen and oxygen atoms in total. The van der Waals surface area contributed by atoms with Crippen molar-refractivity contribution in [3.8, 4) is 22.8 Å². The number of aromatic nitrogens is 3. The number of hydrogen-bond acceptors (Lipinski definition) is 7. The van der Waals surface area contributed by atoms with Crippen molar-refractivity contribution in [2.24, 2.45) is 0 Å². The van der Waals surface area contributed by atoms with Crippen LogP contribution >= 0.6 is 23.4 Å². The monoisotopic (exact) mass is 444 g/mol. The molecule has 10 heteroatoms. The number of fused-ring (bicyclic) bond motifs is 1. The maximum Gasteiger partial charge on any atom is 0.278 e. The molecule has 2 aromatic carbocycles. The summed E-state index contributed by atoms with van der Waals surface area (Å²) in [7, 11) is 0. The average molecular weight is 445 g/mol. The lowest BCUT2D eigenvalue weighted by molar-refractivity contribution is -0.113. The summed E-state index contributed by atoms with van der Waals surface area (Å²) >= 11 is 7.19. The summed E-state index contributed by atoms with van der Waals surface area (Å²) in [6.07, 6.45) is 0. The number of ether oxygens (including phenoxy) is 2. The number of nitrogens with one attached hydrogen (secondary N) is 2. The van der Waals surface area contributed by atoms with Gasteiger partial charge in [-0.05, 0) is 42.8 Å². The third kappa shape index (κ3) is 4.58. The van der Waals surface area contributed by atoms with E-state index in [4.69, 9.17) is 21.1 Å². The first-order chi connectivity index (χ1) is 14.5. The largest absolute Gasteiger partial charge is 0.486 e. The van der Waals surface area contributed by atoms with Crippen molar-refractivity contribution in [3.63, 3.8) is 0 Å². The van der Waals surface area contributed by atoms with Crippen molar-refractivity contribution in [2.75, 3.05) is 24.3 Å². The minimum Gasteiger partial charge on any atom is -0.486 e. The van der Waals surface area contributed by atoms with Crippen LogP contribution in [0.5, 0.6) is 11.5 Å². The molecular weight excluding hydrogens is 428 g/mol. The fraction of sp³-hybridized carbons (Fsp3) is 0.200. The maximum atomic E-state index is 12.5. The predicted octanol–water partition coefficient (Wildman–Crippen LogP) is 3.30. The summed E-state index contributed by atoms with van der Waals surface area (Å²) in [6, 6.07) is 10.5. The Morgan fingerprint density at radius 3 is 2.73 bits per heavy atom. The normalized spacial score (nSPS) is 12.5. The first-order valence-electron chi connectivity index (χ1n) is 9.05. The summed E-state index contributed by atoms with van der Waals surface area (Å²) < 4.78 is 11.0. The standard InChI is InChI=1S/C20H17ClN4O4S/c1-11-2-4-14(13(21)8-11)22-17(26)10-30-20-23-19(27)18(24-25-20)12-3-5-15-16(9-12)29-7-6-28-15/h2-5,8-9H,6-7,10H2,1H3,(H,22,26)(H,23,25,27). The second-order valence-corrected chi connectivity index (χ2v) is 7.86. The van der Waals surface area contributed by atoms with E-state index >= 15 is 0 Å². The van der Waals surface area contributed by atoms with Gasteiger partial charge in [-0.25, -0.2) is 0 Å². The first kappa shape index (κ1) is 20.2. The summed E-state index contributed by atoms with van der Waals surface area (Å²) in [5.74, 6) is 0.952. The SMILES string of the molecule is Cc1ccc(NC(=O)CSc2nnc(-c3ccc4c(c3)OCCO4)c(=O)[nH]2)c(Cl)c1. The molecule has 1 aliphatic rings. The molecule has 0 aliphatic carbocycles. The highest BCUT2D eigenvalue weighted by Crippen LogP contribution is 2.33. The van der Waals surface area contributed by atoms with E-state index in [1.54, 1.807) is 30.3 Å². The number of anilines is 1. The molecule has 0 fully saturated rings. The number of carbonyl (C=O) groups is 1. The first-order valence-corrected chi connectivity index (χ1v) is 10.4. The number of benzene rings is 2. The van der Waals surface area contributed by atoms with Gasteiger partial charge in [-0.15, -0.1) is 10.2 Å². The van der Waals surface area contributed by atoms with Crippen molar-refractivity contribution in [1.29, 1.82) is 0 Å². The third-order valence-electron chi connectivity index (χ3n) is 4.23. The molecule has 1 amide bonds. The molecule has 30 heavy (non-hydrogen) atoms. The summed E-state index contributed by atoms with van der Waals surface area (Å²) in [6.45, 7) is 2.85. The maximum absolute atomic E-state index is 12.5. The minimum absolute atomic E-state index is 0.0399. The Morgan fingerprint density at radius 1 is 1.17 bits per heavy atom. The lowest BCUT2D eigenvalue weighted by atomic mass is 10.1. The molecule has 0 spiro atoms. The van der Waals surface area contributed by atoms with E-state index in [1.165, 1.54) is 0 Å². The molecule has 0 atom stereocenters. The molecule has 0 saturated carbocycles. The Balaban J connectivity index is 1.42. The van der Waals surface area contributed by atoms with Gasteiger partial charge in [-0.1, -0.05) is 29.4 Å². The molecule has 4 rings (SSSR count). The molecule has 2 N–H and O–H groups in total. The topological polar surface area (TPSA) is 106 Å². The van der Waals surface area contributed by atoms with E-state index < -0.39 is 5.56 Å². The van der Waals surface area contributed by atoms with Gasteiger partial charge < -0.3 is 14.8 Å². The highest BCUT2D eigenvalue weighted by Gasteiger charge is 2.16. The number of aryl methyl sites for hydroxylation is 1. The van der Waals surface area contributed by atoms with Crippen LogP contribution in [0.15, 0.2) is 46.3 Å². The van der Waals surface area contributed by atoms with E-state index in [-0.39, 0.29) is 22.5 Å². The number of H-pyrrole nitrogens is 1. The highest BCUT2D eigenvalue weighted by molar-refractivity contribution is 7.99. The molecule has 0 radical (unpaired) electrons. The van der Waals surface area contributed by atoms with Crippen LogP contribution < -0.4 is 20.3 Å². The number of rotatable bonds is 5. The molecule has 1 aliphatic heterocycles. The van der Waals surface area contributed by atoms with Gasteiger partial charge in [0, 0.05) is 5.56 Å². The van der Waals surface area contributed by atoms with Gasteiger partial charge in [0.05, 0.1) is 16.5 Å². The van der Waals surface area contributed by atoms with Crippen molar-refractivity contribution in [3.05, 3.63) is 57.3 Å². The fourth-order valence-electron chi connectivity index (χ4n) is 2.81. The molecule has 0 saturated heterocycles. The van der Waals surface area contributed by atoms with Crippen LogP contribution in [0.25, 0.3) is 11.3 Å². The van der Waals surface area contributed by atoms with Gasteiger partial charge in [0.25, 0.3) is 5.56 Å². The zero-order chi connectivity index (χ0) is 21.1. The summed E-state index contributed by atoms with van der Waals surface area (Å²) in [5, 5.41) is 11.5. The van der Waals surface area contributed by atoms with E-state index in [0.29, 0.717) is 41.0 Å². The van der Waals surface area contributed by atoms with Gasteiger partial charge in [-0.2, -0.15) is 0 Å². The van der Waals surface area contributed by atoms with Crippen LogP contribution in [-0.2, 0) is 4.79 Å². The van der Waals surface area contributed by atoms with Crippen LogP contribution in [0.3, 0.4) is 0 Å².